The fraction of sp³-hybridized carbons (Fsp3) is 0.222. The van der Waals surface area contributed by atoms with Gasteiger partial charge in [-0.05, 0) is 24.3 Å². The van der Waals surface area contributed by atoms with Crippen molar-refractivity contribution in [2.45, 2.75) is 4.90 Å². The van der Waals surface area contributed by atoms with Gasteiger partial charge in [-0.2, -0.15) is 0 Å². The molecule has 0 unspecified atom stereocenters. The summed E-state index contributed by atoms with van der Waals surface area (Å²) in [5.74, 6) is 0.607. The maximum Gasteiger partial charge on any atom is 0.269 e. The Morgan fingerprint density at radius 3 is 2.29 bits per heavy atom. The molecule has 1 aliphatic heterocycles. The summed E-state index contributed by atoms with van der Waals surface area (Å²) in [6.07, 6.45) is 0. The van der Waals surface area contributed by atoms with Crippen molar-refractivity contribution < 1.29 is 13.3 Å². The third kappa shape index (κ3) is 3.44. The minimum Gasteiger partial charge on any atom is -0.355 e. The molecule has 1 fully saturated rings. The number of nitro benzene ring substituents is 1. The van der Waals surface area contributed by atoms with E-state index in [1.165, 1.54) is 28.2 Å². The first-order valence-electron chi connectivity index (χ1n) is 8.55. The van der Waals surface area contributed by atoms with Crippen molar-refractivity contribution in [3.05, 3.63) is 64.7 Å². The van der Waals surface area contributed by atoms with Crippen LogP contribution in [0.4, 0.5) is 11.5 Å². The van der Waals surface area contributed by atoms with Gasteiger partial charge in [0.15, 0.2) is 0 Å². The van der Waals surface area contributed by atoms with Crippen molar-refractivity contribution >= 4 is 44.8 Å². The minimum atomic E-state index is -3.91. The van der Waals surface area contributed by atoms with Gasteiger partial charge in [-0.1, -0.05) is 18.2 Å². The molecule has 0 saturated carbocycles. The quantitative estimate of drug-likeness (QED) is 0.512. The molecule has 8 nitrogen and oxygen atoms in total. The molecule has 148 valence electrons. The van der Waals surface area contributed by atoms with Crippen LogP contribution in [0.5, 0.6) is 0 Å². The number of non-ortho nitro benzene ring substituents is 1. The third-order valence-corrected chi connectivity index (χ3v) is 6.41. The van der Waals surface area contributed by atoms with Crippen LogP contribution in [-0.2, 0) is 10.0 Å². The highest BCUT2D eigenvalue weighted by Crippen LogP contribution is 2.31. The number of nitro groups is 1. The molecule has 1 aromatic heterocycles. The van der Waals surface area contributed by atoms with Gasteiger partial charge < -0.3 is 10.2 Å². The van der Waals surface area contributed by atoms with Gasteiger partial charge >= 0.3 is 0 Å². The number of hydrogen-bond acceptors (Lipinski definition) is 6. The van der Waals surface area contributed by atoms with E-state index in [0.29, 0.717) is 24.4 Å². The number of aromatic nitrogens is 1. The van der Waals surface area contributed by atoms with Crippen LogP contribution in [0.15, 0.2) is 59.5 Å². The van der Waals surface area contributed by atoms with Crippen molar-refractivity contribution in [3.8, 4) is 0 Å². The summed E-state index contributed by atoms with van der Waals surface area (Å²) in [7, 11) is -3.91. The second-order valence-corrected chi connectivity index (χ2v) is 8.11. The fourth-order valence-corrected chi connectivity index (χ4v) is 4.86. The number of benzene rings is 2. The molecule has 1 aliphatic rings. The molecular formula is C18H19ClN4O4S. The summed E-state index contributed by atoms with van der Waals surface area (Å²) in [5, 5.41) is 15.0. The van der Waals surface area contributed by atoms with Gasteiger partial charge in [0.2, 0.25) is 0 Å². The summed E-state index contributed by atoms with van der Waals surface area (Å²) in [6, 6.07) is 14.2. The van der Waals surface area contributed by atoms with E-state index in [4.69, 9.17) is 0 Å². The maximum absolute atomic E-state index is 13.4. The van der Waals surface area contributed by atoms with Gasteiger partial charge in [-0.3, -0.25) is 10.1 Å². The van der Waals surface area contributed by atoms with Crippen LogP contribution in [0.25, 0.3) is 10.9 Å². The Labute approximate surface area is 168 Å². The lowest BCUT2D eigenvalue weighted by Gasteiger charge is -2.30. The molecule has 28 heavy (non-hydrogen) atoms. The Kier molecular flexibility index (Phi) is 5.59. The molecule has 4 rings (SSSR count). The monoisotopic (exact) mass is 422 g/mol. The molecule has 2 heterocycles. The van der Waals surface area contributed by atoms with Crippen molar-refractivity contribution in [2.75, 3.05) is 31.1 Å². The van der Waals surface area contributed by atoms with E-state index in [1.807, 2.05) is 23.1 Å². The zero-order valence-corrected chi connectivity index (χ0v) is 16.4. The van der Waals surface area contributed by atoms with Crippen LogP contribution in [0.2, 0.25) is 0 Å². The number of nitrogens with one attached hydrogen (secondary N) is 1. The van der Waals surface area contributed by atoms with Gasteiger partial charge in [0.1, 0.15) is 5.82 Å². The molecule has 1 N–H and O–H groups in total. The molecule has 10 heteroatoms. The van der Waals surface area contributed by atoms with Crippen molar-refractivity contribution in [2.24, 2.45) is 0 Å². The van der Waals surface area contributed by atoms with Crippen molar-refractivity contribution in [1.29, 1.82) is 0 Å². The second-order valence-electron chi connectivity index (χ2n) is 6.32. The average molecular weight is 423 g/mol. The highest BCUT2D eigenvalue weighted by Gasteiger charge is 2.27. The second kappa shape index (κ2) is 7.78. The van der Waals surface area contributed by atoms with Crippen LogP contribution >= 0.6 is 12.4 Å². The molecular weight excluding hydrogens is 404 g/mol. The SMILES string of the molecule is Cl.O=[N+]([O-])c1ccc(S(=O)(=O)n2c(N3CCNCC3)cc3ccccc32)cc1. The number of fused-ring (bicyclic) bond motifs is 1. The molecule has 2 aromatic carbocycles. The minimum absolute atomic E-state index is 0. The number of nitrogens with zero attached hydrogens (tertiary/aromatic N) is 3. The lowest BCUT2D eigenvalue weighted by Crippen LogP contribution is -2.44. The number of hydrogen-bond donors (Lipinski definition) is 1. The summed E-state index contributed by atoms with van der Waals surface area (Å²) in [4.78, 5) is 12.4. The predicted molar refractivity (Wildman–Crippen MR) is 110 cm³/mol. The summed E-state index contributed by atoms with van der Waals surface area (Å²) in [6.45, 7) is 2.95. The first-order valence-corrected chi connectivity index (χ1v) is 9.99. The lowest BCUT2D eigenvalue weighted by atomic mass is 10.2. The predicted octanol–water partition coefficient (Wildman–Crippen LogP) is 2.62. The van der Waals surface area contributed by atoms with Gasteiger partial charge in [0, 0.05) is 43.7 Å². The molecule has 0 radical (unpaired) electrons. The zero-order valence-electron chi connectivity index (χ0n) is 14.8. The third-order valence-electron chi connectivity index (χ3n) is 4.67. The van der Waals surface area contributed by atoms with Crippen molar-refractivity contribution in [1.82, 2.24) is 9.29 Å². The summed E-state index contributed by atoms with van der Waals surface area (Å²) < 4.78 is 28.2. The summed E-state index contributed by atoms with van der Waals surface area (Å²) in [5.41, 5.74) is 0.443. The standard InChI is InChI=1S/C18H18N4O4S.ClH/c23-22(24)15-5-7-16(8-6-15)27(25,26)21-17-4-2-1-3-14(17)13-18(21)20-11-9-19-10-12-20;/h1-8,13,19H,9-12H2;1H. The number of para-hydroxylation sites is 1. The number of halogens is 1. The summed E-state index contributed by atoms with van der Waals surface area (Å²) >= 11 is 0. The molecule has 0 bridgehead atoms. The zero-order chi connectivity index (χ0) is 19.0. The first kappa shape index (κ1) is 20.1. The van der Waals surface area contributed by atoms with E-state index in [0.717, 1.165) is 18.5 Å². The molecule has 0 atom stereocenters. The van der Waals surface area contributed by atoms with E-state index < -0.39 is 14.9 Å². The number of piperazine rings is 1. The number of rotatable bonds is 4. The van der Waals surface area contributed by atoms with Gasteiger partial charge in [-0.15, -0.1) is 12.4 Å². The van der Waals surface area contributed by atoms with Gasteiger partial charge in [0.05, 0.1) is 15.3 Å². The molecule has 1 saturated heterocycles. The average Bonchev–Trinajstić information content (AvgIpc) is 3.09. The number of anilines is 1. The Balaban J connectivity index is 0.00000225. The van der Waals surface area contributed by atoms with Crippen LogP contribution in [0.1, 0.15) is 0 Å². The Bertz CT molecular complexity index is 1110. The molecule has 0 spiro atoms. The maximum atomic E-state index is 13.4. The van der Waals surface area contributed by atoms with Crippen LogP contribution in [-0.4, -0.2) is 43.5 Å². The molecule has 0 amide bonds. The smallest absolute Gasteiger partial charge is 0.269 e. The Morgan fingerprint density at radius 1 is 1.00 bits per heavy atom. The Hall–Kier alpha value is -2.62. The van der Waals surface area contributed by atoms with E-state index in [-0.39, 0.29) is 23.0 Å². The van der Waals surface area contributed by atoms with Crippen LogP contribution in [0.3, 0.4) is 0 Å². The largest absolute Gasteiger partial charge is 0.355 e. The molecule has 0 aliphatic carbocycles. The fourth-order valence-electron chi connectivity index (χ4n) is 3.33. The van der Waals surface area contributed by atoms with Gasteiger partial charge in [0.25, 0.3) is 15.7 Å². The van der Waals surface area contributed by atoms with Crippen LogP contribution in [0, 0.1) is 10.1 Å². The highest BCUT2D eigenvalue weighted by atomic mass is 35.5. The normalized spacial score (nSPS) is 14.6. The molecule has 3 aromatic rings. The first-order chi connectivity index (χ1) is 13.0. The Morgan fingerprint density at radius 2 is 1.64 bits per heavy atom. The van der Waals surface area contributed by atoms with E-state index >= 15 is 0 Å². The van der Waals surface area contributed by atoms with Crippen LogP contribution < -0.4 is 10.2 Å². The van der Waals surface area contributed by atoms with E-state index in [1.54, 1.807) is 12.1 Å². The van der Waals surface area contributed by atoms with E-state index in [9.17, 15) is 18.5 Å². The van der Waals surface area contributed by atoms with Gasteiger partial charge in [-0.25, -0.2) is 12.4 Å². The topological polar surface area (TPSA) is 97.5 Å². The highest BCUT2D eigenvalue weighted by molar-refractivity contribution is 7.90. The lowest BCUT2D eigenvalue weighted by molar-refractivity contribution is -0.384. The van der Waals surface area contributed by atoms with E-state index in [2.05, 4.69) is 5.32 Å². The van der Waals surface area contributed by atoms with Crippen molar-refractivity contribution in [3.63, 3.8) is 0 Å².